The minimum atomic E-state index is -1.78. The minimum absolute atomic E-state index is 0.206. The molecule has 9 N–H and O–H groups in total. The van der Waals surface area contributed by atoms with E-state index in [9.17, 15) is 45.6 Å². The molecule has 12 unspecified atom stereocenters. The van der Waals surface area contributed by atoms with Crippen molar-refractivity contribution in [2.45, 2.75) is 351 Å². The lowest BCUT2D eigenvalue weighted by molar-refractivity contribution is -0.359. The zero-order valence-corrected chi connectivity index (χ0v) is 50.1. The Morgan fingerprint density at radius 2 is 0.835 bits per heavy atom. The van der Waals surface area contributed by atoms with Crippen molar-refractivity contribution < 1.29 is 64.6 Å². The van der Waals surface area contributed by atoms with Gasteiger partial charge in [0.2, 0.25) is 5.91 Å². The van der Waals surface area contributed by atoms with Crippen LogP contribution in [0.15, 0.2) is 36.5 Å². The van der Waals surface area contributed by atoms with Gasteiger partial charge in [0, 0.05) is 6.42 Å². The minimum Gasteiger partial charge on any atom is -0.394 e. The molecule has 14 heteroatoms. The van der Waals surface area contributed by atoms with Gasteiger partial charge in [-0.2, -0.15) is 0 Å². The van der Waals surface area contributed by atoms with Crippen LogP contribution in [0.5, 0.6) is 0 Å². The van der Waals surface area contributed by atoms with E-state index in [1.165, 1.54) is 186 Å². The molecular formula is C65H121NO13. The number of hydrogen-bond acceptors (Lipinski definition) is 13. The molecule has 79 heavy (non-hydrogen) atoms. The highest BCUT2D eigenvalue weighted by molar-refractivity contribution is 5.76. The first-order valence-electron chi connectivity index (χ1n) is 32.7. The van der Waals surface area contributed by atoms with Crippen LogP contribution in [-0.4, -0.2) is 140 Å². The van der Waals surface area contributed by atoms with Crippen molar-refractivity contribution in [3.8, 4) is 0 Å². The van der Waals surface area contributed by atoms with Gasteiger partial charge in [0.1, 0.15) is 48.8 Å². The summed E-state index contributed by atoms with van der Waals surface area (Å²) < 4.78 is 22.8. The summed E-state index contributed by atoms with van der Waals surface area (Å²) in [6.07, 6.45) is 46.4. The molecule has 2 heterocycles. The van der Waals surface area contributed by atoms with Gasteiger partial charge < -0.3 is 65.1 Å². The highest BCUT2D eigenvalue weighted by atomic mass is 16.7. The van der Waals surface area contributed by atoms with Gasteiger partial charge in [-0.3, -0.25) is 4.79 Å². The largest absolute Gasteiger partial charge is 0.394 e. The molecule has 2 aliphatic rings. The van der Waals surface area contributed by atoms with Crippen LogP contribution in [0.2, 0.25) is 0 Å². The Hall–Kier alpha value is -1.79. The van der Waals surface area contributed by atoms with Crippen LogP contribution in [0.1, 0.15) is 277 Å². The van der Waals surface area contributed by atoms with Crippen molar-refractivity contribution in [3.63, 3.8) is 0 Å². The van der Waals surface area contributed by atoms with Crippen molar-refractivity contribution in [1.82, 2.24) is 5.32 Å². The lowest BCUT2D eigenvalue weighted by Crippen LogP contribution is -2.65. The zero-order chi connectivity index (χ0) is 57.4. The van der Waals surface area contributed by atoms with E-state index in [1.54, 1.807) is 0 Å². The van der Waals surface area contributed by atoms with E-state index >= 15 is 0 Å². The lowest BCUT2D eigenvalue weighted by atomic mass is 9.97. The topological polar surface area (TPSA) is 228 Å². The molecule has 2 rings (SSSR count). The molecule has 0 spiro atoms. The fraction of sp³-hybridized carbons (Fsp3) is 0.892. The maximum Gasteiger partial charge on any atom is 0.220 e. The average Bonchev–Trinajstić information content (AvgIpc) is 3.47. The summed E-state index contributed by atoms with van der Waals surface area (Å²) >= 11 is 0. The fourth-order valence-electron chi connectivity index (χ4n) is 10.8. The first kappa shape index (κ1) is 73.3. The maximum absolute atomic E-state index is 13.2. The number of carbonyl (C=O) groups excluding carboxylic acids is 1. The van der Waals surface area contributed by atoms with Crippen molar-refractivity contribution in [3.05, 3.63) is 36.5 Å². The van der Waals surface area contributed by atoms with Gasteiger partial charge in [0.05, 0.1) is 32.0 Å². The van der Waals surface area contributed by atoms with E-state index in [0.29, 0.717) is 12.8 Å². The predicted molar refractivity (Wildman–Crippen MR) is 318 cm³/mol. The molecule has 464 valence electrons. The number of hydrogen-bond donors (Lipinski definition) is 9. The second-order valence-corrected chi connectivity index (χ2v) is 23.2. The summed E-state index contributed by atoms with van der Waals surface area (Å²) in [5.74, 6) is -0.206. The molecule has 1 amide bonds. The summed E-state index contributed by atoms with van der Waals surface area (Å²) in [5.41, 5.74) is 0. The fourth-order valence-corrected chi connectivity index (χ4v) is 10.8. The monoisotopic (exact) mass is 1120 g/mol. The third-order valence-corrected chi connectivity index (χ3v) is 16.1. The van der Waals surface area contributed by atoms with Gasteiger partial charge in [-0.05, 0) is 51.4 Å². The van der Waals surface area contributed by atoms with E-state index in [2.05, 4.69) is 55.6 Å². The van der Waals surface area contributed by atoms with E-state index in [4.69, 9.17) is 18.9 Å². The van der Waals surface area contributed by atoms with Gasteiger partial charge in [0.25, 0.3) is 0 Å². The van der Waals surface area contributed by atoms with Gasteiger partial charge >= 0.3 is 0 Å². The maximum atomic E-state index is 13.2. The smallest absolute Gasteiger partial charge is 0.220 e. The van der Waals surface area contributed by atoms with Crippen LogP contribution in [0.3, 0.4) is 0 Å². The standard InChI is InChI=1S/C65H121NO13/c1-3-5-7-9-11-13-14-15-16-17-18-19-20-21-22-23-24-25-26-27-28-29-30-31-32-33-34-35-36-37-38-39-40-41-43-45-47-49-57(70)66-53(54(69)48-46-44-42-12-10-8-6-4-2)52-76-64-62(75)60(73)63(56(51-68)78-64)79-65-61(74)59(72)58(71)55(50-67)77-65/h14-15,17-18,20-21,53-56,58-65,67-69,71-75H,3-13,16,19,22-52H2,1-2H3,(H,66,70)/b15-14-,18-17-,21-20-. The second kappa shape index (κ2) is 50.7. The number of allylic oxidation sites excluding steroid dienone is 6. The number of unbranched alkanes of at least 4 members (excludes halogenated alkanes) is 34. The molecule has 0 bridgehead atoms. The number of ether oxygens (including phenoxy) is 4. The van der Waals surface area contributed by atoms with E-state index in [0.717, 1.165) is 64.2 Å². The Kier molecular flexibility index (Phi) is 47.0. The molecule has 0 aliphatic carbocycles. The zero-order valence-electron chi connectivity index (χ0n) is 50.1. The second-order valence-electron chi connectivity index (χ2n) is 23.2. The Balaban J connectivity index is 1.52. The third kappa shape index (κ3) is 35.8. The van der Waals surface area contributed by atoms with E-state index in [-0.39, 0.29) is 12.5 Å². The van der Waals surface area contributed by atoms with E-state index < -0.39 is 86.8 Å². The summed E-state index contributed by atoms with van der Waals surface area (Å²) in [6.45, 7) is 2.82. The lowest BCUT2D eigenvalue weighted by Gasteiger charge is -2.46. The van der Waals surface area contributed by atoms with Crippen LogP contribution in [0.25, 0.3) is 0 Å². The predicted octanol–water partition coefficient (Wildman–Crippen LogP) is 12.2. The first-order valence-corrected chi connectivity index (χ1v) is 32.7. The van der Waals surface area contributed by atoms with Crippen molar-refractivity contribution in [1.29, 1.82) is 0 Å². The molecular weight excluding hydrogens is 1000 g/mol. The molecule has 0 saturated carbocycles. The van der Waals surface area contributed by atoms with Crippen molar-refractivity contribution >= 4 is 5.91 Å². The summed E-state index contributed by atoms with van der Waals surface area (Å²) in [4.78, 5) is 13.2. The molecule has 0 aromatic carbocycles. The average molecular weight is 1120 g/mol. The molecule has 2 saturated heterocycles. The van der Waals surface area contributed by atoms with Crippen LogP contribution in [0, 0.1) is 0 Å². The van der Waals surface area contributed by atoms with Gasteiger partial charge in [0.15, 0.2) is 12.6 Å². The van der Waals surface area contributed by atoms with Crippen LogP contribution < -0.4 is 5.32 Å². The quantitative estimate of drug-likeness (QED) is 0.0204. The Labute approximate surface area is 481 Å². The molecule has 14 nitrogen and oxygen atoms in total. The Morgan fingerprint density at radius 1 is 0.456 bits per heavy atom. The normalized spacial score (nSPS) is 24.6. The third-order valence-electron chi connectivity index (χ3n) is 16.1. The Bertz CT molecular complexity index is 1460. The molecule has 0 radical (unpaired) electrons. The number of carbonyl (C=O) groups is 1. The molecule has 0 aromatic rings. The van der Waals surface area contributed by atoms with E-state index in [1.807, 2.05) is 0 Å². The summed E-state index contributed by atoms with van der Waals surface area (Å²) in [5, 5.41) is 87.0. The number of rotatable bonds is 53. The summed E-state index contributed by atoms with van der Waals surface area (Å²) in [7, 11) is 0. The Morgan fingerprint density at radius 3 is 1.28 bits per heavy atom. The van der Waals surface area contributed by atoms with Gasteiger partial charge in [-0.1, -0.05) is 256 Å². The molecule has 0 aromatic heterocycles. The summed E-state index contributed by atoms with van der Waals surface area (Å²) in [6, 6.07) is -0.824. The SMILES string of the molecule is CCCCCCC/C=C\C/C=C\C/C=C\CCCCCCCCCCCCCCCCCCCCCCCCC(=O)NC(COC1OC(CO)C(OC2OC(CO)C(O)C(O)C2O)C(O)C1O)C(O)CCCCCCCCCC. The van der Waals surface area contributed by atoms with Crippen LogP contribution >= 0.6 is 0 Å². The van der Waals surface area contributed by atoms with Crippen molar-refractivity contribution in [2.24, 2.45) is 0 Å². The van der Waals surface area contributed by atoms with Crippen LogP contribution in [0.4, 0.5) is 0 Å². The number of nitrogens with one attached hydrogen (secondary N) is 1. The first-order chi connectivity index (χ1) is 38.6. The highest BCUT2D eigenvalue weighted by Gasteiger charge is 2.51. The van der Waals surface area contributed by atoms with Gasteiger partial charge in [-0.15, -0.1) is 0 Å². The van der Waals surface area contributed by atoms with Crippen LogP contribution in [-0.2, 0) is 23.7 Å². The molecule has 12 atom stereocenters. The number of amides is 1. The highest BCUT2D eigenvalue weighted by Crippen LogP contribution is 2.30. The number of aliphatic hydroxyl groups is 8. The molecule has 2 aliphatic heterocycles. The van der Waals surface area contributed by atoms with Crippen molar-refractivity contribution in [2.75, 3.05) is 19.8 Å². The number of aliphatic hydroxyl groups excluding tert-OH is 8. The molecule has 2 fully saturated rings. The van der Waals surface area contributed by atoms with Gasteiger partial charge in [-0.25, -0.2) is 0 Å².